The Labute approximate surface area is 174 Å². The number of thiazole rings is 1. The lowest BCUT2D eigenvalue weighted by Crippen LogP contribution is -2.40. The lowest BCUT2D eigenvalue weighted by molar-refractivity contribution is -0.140. The number of carbonyl (C=O) groups is 2. The van der Waals surface area contributed by atoms with Crippen LogP contribution in [0.2, 0.25) is 0 Å². The predicted octanol–water partition coefficient (Wildman–Crippen LogP) is 4.38. The molecule has 1 atom stereocenters. The van der Waals surface area contributed by atoms with Crippen molar-refractivity contribution in [1.29, 1.82) is 0 Å². The fourth-order valence-corrected chi connectivity index (χ4v) is 4.08. The molecule has 0 aliphatic heterocycles. The van der Waals surface area contributed by atoms with Gasteiger partial charge in [0.1, 0.15) is 12.6 Å². The van der Waals surface area contributed by atoms with Crippen LogP contribution in [0.5, 0.6) is 0 Å². The van der Waals surface area contributed by atoms with Gasteiger partial charge in [0.15, 0.2) is 4.80 Å². The Morgan fingerprint density at radius 3 is 2.43 bits per heavy atom. The zero-order chi connectivity index (χ0) is 21.9. The molecule has 9 heteroatoms. The molecule has 0 saturated heterocycles. The number of benzene rings is 2. The van der Waals surface area contributed by atoms with E-state index >= 15 is 0 Å². The van der Waals surface area contributed by atoms with Crippen molar-refractivity contribution in [2.75, 3.05) is 6.54 Å². The number of para-hydroxylation sites is 1. The number of aromatic nitrogens is 1. The van der Waals surface area contributed by atoms with Crippen LogP contribution in [0, 0.1) is 6.92 Å². The number of hydrogen-bond donors (Lipinski definition) is 1. The van der Waals surface area contributed by atoms with Crippen molar-refractivity contribution in [3.63, 3.8) is 0 Å². The molecule has 158 valence electrons. The van der Waals surface area contributed by atoms with Crippen LogP contribution in [0.4, 0.5) is 13.2 Å². The summed E-state index contributed by atoms with van der Waals surface area (Å²) in [5.41, 5.74) is 2.02. The molecular formula is C21H20F3N3O2S. The second-order valence-corrected chi connectivity index (χ2v) is 7.77. The van der Waals surface area contributed by atoms with Gasteiger partial charge in [-0.1, -0.05) is 48.1 Å². The molecule has 2 aromatic carbocycles. The van der Waals surface area contributed by atoms with E-state index in [-0.39, 0.29) is 11.2 Å². The third-order valence-electron chi connectivity index (χ3n) is 4.49. The zero-order valence-corrected chi connectivity index (χ0v) is 17.2. The van der Waals surface area contributed by atoms with Gasteiger partial charge in [-0.25, -0.2) is 0 Å². The maximum absolute atomic E-state index is 12.7. The molecular weight excluding hydrogens is 415 g/mol. The van der Waals surface area contributed by atoms with Gasteiger partial charge in [-0.15, -0.1) is 0 Å². The number of fused-ring (bicyclic) bond motifs is 1. The zero-order valence-electron chi connectivity index (χ0n) is 16.4. The molecule has 0 saturated carbocycles. The number of aryl methyl sites for hydroxylation is 1. The van der Waals surface area contributed by atoms with Crippen molar-refractivity contribution < 1.29 is 22.8 Å². The summed E-state index contributed by atoms with van der Waals surface area (Å²) in [4.78, 5) is 29.7. The third-order valence-corrected chi connectivity index (χ3v) is 5.53. The van der Waals surface area contributed by atoms with Crippen LogP contribution >= 0.6 is 11.3 Å². The van der Waals surface area contributed by atoms with Crippen LogP contribution < -0.4 is 10.1 Å². The lowest BCUT2D eigenvalue weighted by Gasteiger charge is -2.18. The number of amides is 2. The molecule has 0 radical (unpaired) electrons. The Bertz CT molecular complexity index is 1130. The summed E-state index contributed by atoms with van der Waals surface area (Å²) in [5.74, 6) is -1.26. The summed E-state index contributed by atoms with van der Waals surface area (Å²) < 4.78 is 40.0. The predicted molar refractivity (Wildman–Crippen MR) is 109 cm³/mol. The van der Waals surface area contributed by atoms with E-state index in [0.29, 0.717) is 11.1 Å². The average molecular weight is 435 g/mol. The van der Waals surface area contributed by atoms with Gasteiger partial charge in [0.25, 0.3) is 5.91 Å². The number of halogens is 3. The smallest absolute Gasteiger partial charge is 0.345 e. The number of nitrogens with zero attached hydrogens (tertiary/aromatic N) is 2. The van der Waals surface area contributed by atoms with Gasteiger partial charge in [0.05, 0.1) is 10.2 Å². The highest BCUT2D eigenvalue weighted by Crippen LogP contribution is 2.23. The molecule has 1 aromatic heterocycles. The SMILES string of the molecule is CCC(C(=O)NCC(F)(F)F)n1c(=NC(=O)c2ccc(C)cc2)sc2ccccc21. The van der Waals surface area contributed by atoms with Gasteiger partial charge in [0, 0.05) is 5.56 Å². The van der Waals surface area contributed by atoms with E-state index in [9.17, 15) is 22.8 Å². The minimum absolute atomic E-state index is 0.232. The molecule has 0 aliphatic carbocycles. The summed E-state index contributed by atoms with van der Waals surface area (Å²) in [7, 11) is 0. The summed E-state index contributed by atoms with van der Waals surface area (Å²) in [6, 6.07) is 13.1. The molecule has 0 spiro atoms. The fraction of sp³-hybridized carbons (Fsp3) is 0.286. The summed E-state index contributed by atoms with van der Waals surface area (Å²) in [6.07, 6.45) is -4.28. The number of alkyl halides is 3. The van der Waals surface area contributed by atoms with Crippen LogP contribution in [0.15, 0.2) is 53.5 Å². The Kier molecular flexibility index (Phi) is 6.40. The minimum atomic E-state index is -4.51. The van der Waals surface area contributed by atoms with Crippen LogP contribution in [-0.2, 0) is 4.79 Å². The molecule has 1 heterocycles. The fourth-order valence-electron chi connectivity index (χ4n) is 3.01. The minimum Gasteiger partial charge on any atom is -0.345 e. The molecule has 0 fully saturated rings. The van der Waals surface area contributed by atoms with E-state index in [4.69, 9.17) is 0 Å². The lowest BCUT2D eigenvalue weighted by atomic mass is 10.1. The van der Waals surface area contributed by atoms with Gasteiger partial charge < -0.3 is 9.88 Å². The van der Waals surface area contributed by atoms with Crippen molar-refractivity contribution in [2.45, 2.75) is 32.5 Å². The molecule has 3 aromatic rings. The Morgan fingerprint density at radius 1 is 1.13 bits per heavy atom. The van der Waals surface area contributed by atoms with Crippen LogP contribution in [-0.4, -0.2) is 29.1 Å². The molecule has 30 heavy (non-hydrogen) atoms. The maximum atomic E-state index is 12.7. The van der Waals surface area contributed by atoms with E-state index in [1.165, 1.54) is 15.9 Å². The quantitative estimate of drug-likeness (QED) is 0.646. The number of hydrogen-bond acceptors (Lipinski definition) is 3. The third kappa shape index (κ3) is 4.96. The Balaban J connectivity index is 2.07. The van der Waals surface area contributed by atoms with Crippen LogP contribution in [0.25, 0.3) is 10.2 Å². The second-order valence-electron chi connectivity index (χ2n) is 6.76. The van der Waals surface area contributed by atoms with E-state index < -0.39 is 30.6 Å². The molecule has 3 rings (SSSR count). The van der Waals surface area contributed by atoms with Crippen LogP contribution in [0.1, 0.15) is 35.3 Å². The first-order valence-corrected chi connectivity index (χ1v) is 10.1. The van der Waals surface area contributed by atoms with Crippen molar-refractivity contribution >= 4 is 33.4 Å². The van der Waals surface area contributed by atoms with Crippen LogP contribution in [0.3, 0.4) is 0 Å². The highest BCUT2D eigenvalue weighted by molar-refractivity contribution is 7.16. The van der Waals surface area contributed by atoms with Crippen molar-refractivity contribution in [3.8, 4) is 0 Å². The first kappa shape index (κ1) is 21.8. The Hall–Kier alpha value is -2.94. The molecule has 0 bridgehead atoms. The molecule has 2 amide bonds. The Morgan fingerprint density at radius 2 is 1.80 bits per heavy atom. The van der Waals surface area contributed by atoms with E-state index in [2.05, 4.69) is 4.99 Å². The highest BCUT2D eigenvalue weighted by atomic mass is 32.1. The molecule has 1 unspecified atom stereocenters. The van der Waals surface area contributed by atoms with Gasteiger partial charge in [-0.3, -0.25) is 9.59 Å². The van der Waals surface area contributed by atoms with E-state index in [0.717, 1.165) is 10.3 Å². The summed E-state index contributed by atoms with van der Waals surface area (Å²) in [6.45, 7) is 2.18. The van der Waals surface area contributed by atoms with Gasteiger partial charge in [-0.05, 0) is 37.6 Å². The maximum Gasteiger partial charge on any atom is 0.405 e. The summed E-state index contributed by atoms with van der Waals surface area (Å²) >= 11 is 1.21. The largest absolute Gasteiger partial charge is 0.405 e. The van der Waals surface area contributed by atoms with Crippen molar-refractivity contribution in [2.24, 2.45) is 4.99 Å². The van der Waals surface area contributed by atoms with Gasteiger partial charge in [0.2, 0.25) is 5.91 Å². The number of rotatable bonds is 5. The standard InChI is InChI=1S/C21H20F3N3O2S/c1-3-15(19(29)25-12-21(22,23)24)27-16-6-4-5-7-17(16)30-20(27)26-18(28)14-10-8-13(2)9-11-14/h4-11,15H,3,12H2,1-2H3,(H,25,29). The number of nitrogens with one attached hydrogen (secondary N) is 1. The second kappa shape index (κ2) is 8.83. The normalized spacial score (nSPS) is 13.4. The van der Waals surface area contributed by atoms with Crippen molar-refractivity contribution in [1.82, 2.24) is 9.88 Å². The van der Waals surface area contributed by atoms with Gasteiger partial charge >= 0.3 is 6.18 Å². The van der Waals surface area contributed by atoms with E-state index in [1.54, 1.807) is 49.4 Å². The van der Waals surface area contributed by atoms with Crippen molar-refractivity contribution in [3.05, 3.63) is 64.5 Å². The van der Waals surface area contributed by atoms with Gasteiger partial charge in [-0.2, -0.15) is 18.2 Å². The average Bonchev–Trinajstić information content (AvgIpc) is 3.05. The topological polar surface area (TPSA) is 63.5 Å². The highest BCUT2D eigenvalue weighted by Gasteiger charge is 2.30. The molecule has 1 N–H and O–H groups in total. The summed E-state index contributed by atoms with van der Waals surface area (Å²) in [5, 5.41) is 1.94. The first-order chi connectivity index (χ1) is 14.2. The molecule has 0 aliphatic rings. The van der Waals surface area contributed by atoms with E-state index in [1.807, 2.05) is 18.3 Å². The monoisotopic (exact) mass is 435 g/mol. The number of carbonyl (C=O) groups excluding carboxylic acids is 2. The molecule has 5 nitrogen and oxygen atoms in total. The first-order valence-electron chi connectivity index (χ1n) is 9.30.